The summed E-state index contributed by atoms with van der Waals surface area (Å²) in [7, 11) is 0. The monoisotopic (exact) mass is 394 g/mol. The van der Waals surface area contributed by atoms with Crippen LogP contribution in [0.4, 0.5) is 0 Å². The zero-order chi connectivity index (χ0) is 20.1. The standard InChI is InChI=1S/C27H26N2O/c1-27-26-23(16-17-29(27)25(19-30-27)21-12-6-3-7-13-21)22-14-8-9-15-24(22)28(26)18-20-10-4-2-5-11-20/h2-15,25H,16-19H2,1H3/t25-,27-/m0/s1. The van der Waals surface area contributed by atoms with Gasteiger partial charge in [-0.15, -0.1) is 0 Å². The summed E-state index contributed by atoms with van der Waals surface area (Å²) in [5.74, 6) is 0. The van der Waals surface area contributed by atoms with Crippen LogP contribution in [0, 0.1) is 0 Å². The Hall–Kier alpha value is -2.88. The zero-order valence-corrected chi connectivity index (χ0v) is 17.3. The van der Waals surface area contributed by atoms with Gasteiger partial charge in [-0.05, 0) is 36.1 Å². The molecule has 2 aliphatic heterocycles. The van der Waals surface area contributed by atoms with Crippen molar-refractivity contribution < 1.29 is 4.74 Å². The zero-order valence-electron chi connectivity index (χ0n) is 17.3. The van der Waals surface area contributed by atoms with Crippen molar-refractivity contribution in [1.29, 1.82) is 0 Å². The number of nitrogens with zero attached hydrogens (tertiary/aromatic N) is 2. The van der Waals surface area contributed by atoms with Gasteiger partial charge in [-0.1, -0.05) is 78.9 Å². The van der Waals surface area contributed by atoms with E-state index in [9.17, 15) is 0 Å². The van der Waals surface area contributed by atoms with Crippen LogP contribution in [0.25, 0.3) is 10.9 Å². The van der Waals surface area contributed by atoms with E-state index in [1.807, 2.05) is 0 Å². The summed E-state index contributed by atoms with van der Waals surface area (Å²) in [6.07, 6.45) is 1.06. The van der Waals surface area contributed by atoms with E-state index in [0.29, 0.717) is 6.04 Å². The van der Waals surface area contributed by atoms with Crippen molar-refractivity contribution in [2.45, 2.75) is 31.7 Å². The van der Waals surface area contributed by atoms with Crippen LogP contribution in [-0.4, -0.2) is 22.6 Å². The largest absolute Gasteiger partial charge is 0.353 e. The van der Waals surface area contributed by atoms with Crippen molar-refractivity contribution in [2.75, 3.05) is 13.2 Å². The van der Waals surface area contributed by atoms with E-state index in [4.69, 9.17) is 4.74 Å². The molecule has 6 rings (SSSR count). The van der Waals surface area contributed by atoms with E-state index >= 15 is 0 Å². The summed E-state index contributed by atoms with van der Waals surface area (Å²) in [6.45, 7) is 4.88. The van der Waals surface area contributed by atoms with Gasteiger partial charge in [0.1, 0.15) is 0 Å². The molecular formula is C27H26N2O. The number of ether oxygens (including phenoxy) is 1. The highest BCUT2D eigenvalue weighted by Crippen LogP contribution is 2.49. The van der Waals surface area contributed by atoms with Gasteiger partial charge in [0.15, 0.2) is 5.72 Å². The molecule has 0 unspecified atom stereocenters. The smallest absolute Gasteiger partial charge is 0.160 e. The lowest BCUT2D eigenvalue weighted by Crippen LogP contribution is -2.47. The Labute approximate surface area is 177 Å². The molecule has 0 bridgehead atoms. The summed E-state index contributed by atoms with van der Waals surface area (Å²) in [5.41, 5.74) is 6.34. The summed E-state index contributed by atoms with van der Waals surface area (Å²) in [6, 6.07) is 30.7. The van der Waals surface area contributed by atoms with Crippen LogP contribution < -0.4 is 0 Å². The lowest BCUT2D eigenvalue weighted by atomic mass is 9.93. The minimum absolute atomic E-state index is 0.299. The molecule has 0 radical (unpaired) electrons. The Kier molecular flexibility index (Phi) is 4.08. The second kappa shape index (κ2) is 6.83. The molecule has 3 nitrogen and oxygen atoms in total. The third kappa shape index (κ3) is 2.59. The Morgan fingerprint density at radius 3 is 2.40 bits per heavy atom. The SMILES string of the molecule is C[C@@]12OC[C@@H](c3ccccc3)N1CCc1c2n(Cc2ccccc2)c2ccccc12. The molecule has 3 heterocycles. The molecule has 2 aliphatic rings. The van der Waals surface area contributed by atoms with Crippen molar-refractivity contribution in [3.8, 4) is 0 Å². The lowest BCUT2D eigenvalue weighted by Gasteiger charge is -2.41. The Morgan fingerprint density at radius 1 is 0.900 bits per heavy atom. The van der Waals surface area contributed by atoms with Gasteiger partial charge in [0.2, 0.25) is 0 Å². The minimum atomic E-state index is -0.415. The fourth-order valence-electron chi connectivity index (χ4n) is 5.56. The van der Waals surface area contributed by atoms with Gasteiger partial charge in [0, 0.05) is 24.0 Å². The second-order valence-corrected chi connectivity index (χ2v) is 8.58. The summed E-state index contributed by atoms with van der Waals surface area (Å²) in [4.78, 5) is 2.57. The number of aromatic nitrogens is 1. The van der Waals surface area contributed by atoms with Gasteiger partial charge in [-0.25, -0.2) is 0 Å². The van der Waals surface area contributed by atoms with E-state index in [1.54, 1.807) is 0 Å². The normalized spacial score (nSPS) is 23.4. The van der Waals surface area contributed by atoms with E-state index in [2.05, 4.69) is 101 Å². The van der Waals surface area contributed by atoms with Gasteiger partial charge >= 0.3 is 0 Å². The fourth-order valence-corrected chi connectivity index (χ4v) is 5.56. The van der Waals surface area contributed by atoms with Gasteiger partial charge in [0.05, 0.1) is 18.3 Å². The number of hydrogen-bond donors (Lipinski definition) is 0. The number of para-hydroxylation sites is 1. The first kappa shape index (κ1) is 17.9. The Balaban J connectivity index is 1.52. The predicted octanol–water partition coefficient (Wildman–Crippen LogP) is 5.49. The molecule has 1 saturated heterocycles. The molecular weight excluding hydrogens is 368 g/mol. The Bertz CT molecular complexity index is 1200. The number of fused-ring (bicyclic) bond motifs is 5. The first-order valence-electron chi connectivity index (χ1n) is 10.9. The van der Waals surface area contributed by atoms with Crippen molar-refractivity contribution in [3.05, 3.63) is 107 Å². The van der Waals surface area contributed by atoms with Crippen LogP contribution >= 0.6 is 0 Å². The Morgan fingerprint density at radius 2 is 1.60 bits per heavy atom. The van der Waals surface area contributed by atoms with E-state index in [-0.39, 0.29) is 0 Å². The molecule has 0 saturated carbocycles. The molecule has 3 aromatic carbocycles. The van der Waals surface area contributed by atoms with Crippen molar-refractivity contribution in [3.63, 3.8) is 0 Å². The third-order valence-electron chi connectivity index (χ3n) is 6.93. The van der Waals surface area contributed by atoms with E-state index < -0.39 is 5.72 Å². The number of hydrogen-bond acceptors (Lipinski definition) is 2. The average molecular weight is 395 g/mol. The van der Waals surface area contributed by atoms with Gasteiger partial charge in [-0.2, -0.15) is 0 Å². The highest BCUT2D eigenvalue weighted by molar-refractivity contribution is 5.86. The van der Waals surface area contributed by atoms with Crippen LogP contribution in [0.15, 0.2) is 84.9 Å². The molecule has 0 spiro atoms. The summed E-state index contributed by atoms with van der Waals surface area (Å²) < 4.78 is 9.15. The maximum absolute atomic E-state index is 6.65. The molecule has 30 heavy (non-hydrogen) atoms. The molecule has 3 heteroatoms. The highest BCUT2D eigenvalue weighted by Gasteiger charge is 2.51. The summed E-state index contributed by atoms with van der Waals surface area (Å²) in [5, 5.41) is 1.37. The quantitative estimate of drug-likeness (QED) is 0.457. The van der Waals surface area contributed by atoms with Crippen LogP contribution in [0.1, 0.15) is 35.3 Å². The molecule has 0 amide bonds. The number of benzene rings is 3. The van der Waals surface area contributed by atoms with Crippen LogP contribution in [-0.2, 0) is 23.4 Å². The molecule has 0 N–H and O–H groups in total. The maximum Gasteiger partial charge on any atom is 0.160 e. The topological polar surface area (TPSA) is 17.4 Å². The van der Waals surface area contributed by atoms with Crippen molar-refractivity contribution >= 4 is 10.9 Å². The van der Waals surface area contributed by atoms with Gasteiger partial charge in [-0.3, -0.25) is 4.90 Å². The molecule has 4 aromatic rings. The predicted molar refractivity (Wildman–Crippen MR) is 120 cm³/mol. The van der Waals surface area contributed by atoms with E-state index in [0.717, 1.165) is 26.1 Å². The number of rotatable bonds is 3. The molecule has 1 fully saturated rings. The molecule has 0 aliphatic carbocycles. The lowest BCUT2D eigenvalue weighted by molar-refractivity contribution is -0.0883. The molecule has 150 valence electrons. The van der Waals surface area contributed by atoms with Crippen LogP contribution in [0.2, 0.25) is 0 Å². The maximum atomic E-state index is 6.65. The third-order valence-corrected chi connectivity index (χ3v) is 6.93. The summed E-state index contributed by atoms with van der Waals surface area (Å²) >= 11 is 0. The minimum Gasteiger partial charge on any atom is -0.353 e. The van der Waals surface area contributed by atoms with E-state index in [1.165, 1.54) is 33.3 Å². The molecule has 1 aromatic heterocycles. The highest BCUT2D eigenvalue weighted by atomic mass is 16.5. The molecule has 2 atom stereocenters. The van der Waals surface area contributed by atoms with Gasteiger partial charge in [0.25, 0.3) is 0 Å². The first-order chi connectivity index (χ1) is 14.8. The first-order valence-corrected chi connectivity index (χ1v) is 10.9. The van der Waals surface area contributed by atoms with Crippen molar-refractivity contribution in [2.24, 2.45) is 0 Å². The average Bonchev–Trinajstić information content (AvgIpc) is 3.31. The van der Waals surface area contributed by atoms with Crippen LogP contribution in [0.5, 0.6) is 0 Å². The second-order valence-electron chi connectivity index (χ2n) is 8.58. The van der Waals surface area contributed by atoms with Crippen molar-refractivity contribution in [1.82, 2.24) is 9.47 Å². The fraction of sp³-hybridized carbons (Fsp3) is 0.259. The van der Waals surface area contributed by atoms with Gasteiger partial charge < -0.3 is 9.30 Å². The van der Waals surface area contributed by atoms with Crippen LogP contribution in [0.3, 0.4) is 0 Å².